The van der Waals surface area contributed by atoms with Gasteiger partial charge in [-0.2, -0.15) is 0 Å². The van der Waals surface area contributed by atoms with Crippen LogP contribution in [0.2, 0.25) is 0 Å². The number of amides is 1. The van der Waals surface area contributed by atoms with Gasteiger partial charge in [-0.3, -0.25) is 4.79 Å². The largest absolute Gasteiger partial charge is 0.497 e. The number of hydrogen-bond acceptors (Lipinski definition) is 6. The van der Waals surface area contributed by atoms with Crippen LogP contribution in [0.25, 0.3) is 10.9 Å². The molecule has 3 rings (SSSR count). The van der Waals surface area contributed by atoms with E-state index in [1.54, 1.807) is 7.11 Å². The molecule has 2 aromatic rings. The fourth-order valence-corrected chi connectivity index (χ4v) is 4.03. The number of nitrogens with zero attached hydrogens (tertiary/aromatic N) is 3. The molecule has 0 bridgehead atoms. The Bertz CT molecular complexity index is 894. The number of anilines is 1. The molecule has 1 aliphatic rings. The van der Waals surface area contributed by atoms with Gasteiger partial charge in [0.1, 0.15) is 11.8 Å². The third-order valence-electron chi connectivity index (χ3n) is 5.71. The van der Waals surface area contributed by atoms with E-state index in [1.807, 2.05) is 50.8 Å². The molecule has 0 radical (unpaired) electrons. The summed E-state index contributed by atoms with van der Waals surface area (Å²) < 4.78 is 5.31. The van der Waals surface area contributed by atoms with Crippen LogP contribution in [0.4, 0.5) is 5.95 Å². The van der Waals surface area contributed by atoms with Gasteiger partial charge in [0.2, 0.25) is 11.9 Å². The highest BCUT2D eigenvalue weighted by molar-refractivity contribution is 5.87. The molecule has 2 atom stereocenters. The molecule has 1 aromatic carbocycles. The number of aryl methyl sites for hydroxylation is 1. The summed E-state index contributed by atoms with van der Waals surface area (Å²) in [5.41, 5.74) is 1.06. The average Bonchev–Trinajstić information content (AvgIpc) is 3.16. The summed E-state index contributed by atoms with van der Waals surface area (Å²) in [6.45, 7) is 8.38. The maximum absolute atomic E-state index is 13.0. The zero-order chi connectivity index (χ0) is 21.9. The molecule has 30 heavy (non-hydrogen) atoms. The van der Waals surface area contributed by atoms with Gasteiger partial charge in [-0.15, -0.1) is 0 Å². The maximum atomic E-state index is 13.0. The highest BCUT2D eigenvalue weighted by atomic mass is 16.5. The van der Waals surface area contributed by atoms with Gasteiger partial charge >= 0.3 is 0 Å². The van der Waals surface area contributed by atoms with Crippen molar-refractivity contribution in [3.63, 3.8) is 0 Å². The van der Waals surface area contributed by atoms with E-state index in [9.17, 15) is 9.90 Å². The lowest BCUT2D eigenvalue weighted by molar-refractivity contribution is -0.122. The Labute approximate surface area is 178 Å². The van der Waals surface area contributed by atoms with E-state index < -0.39 is 5.60 Å². The zero-order valence-corrected chi connectivity index (χ0v) is 18.7. The number of benzene rings is 1. The molecule has 1 aromatic heterocycles. The molecule has 1 aliphatic heterocycles. The van der Waals surface area contributed by atoms with Crippen molar-refractivity contribution < 1.29 is 14.6 Å². The highest BCUT2D eigenvalue weighted by Gasteiger charge is 2.33. The van der Waals surface area contributed by atoms with Crippen LogP contribution in [0.5, 0.6) is 5.75 Å². The summed E-state index contributed by atoms with van der Waals surface area (Å²) in [6.07, 6.45) is 4.17. The van der Waals surface area contributed by atoms with Gasteiger partial charge in [0, 0.05) is 18.0 Å². The molecule has 0 saturated carbocycles. The van der Waals surface area contributed by atoms with Crippen LogP contribution in [-0.2, 0) is 4.79 Å². The van der Waals surface area contributed by atoms with E-state index in [-0.39, 0.29) is 18.0 Å². The van der Waals surface area contributed by atoms with Gasteiger partial charge < -0.3 is 20.1 Å². The SMILES string of the molecule is COc1ccc2nc(N3CCC[C@H]3C(=O)N[C@@H](C)CCCC(C)(C)O)nc(C)c2c1. The fourth-order valence-electron chi connectivity index (χ4n) is 4.03. The molecule has 7 heteroatoms. The number of aromatic nitrogens is 2. The zero-order valence-electron chi connectivity index (χ0n) is 18.7. The third kappa shape index (κ3) is 5.39. The molecule has 1 amide bonds. The summed E-state index contributed by atoms with van der Waals surface area (Å²) in [4.78, 5) is 24.4. The first-order valence-electron chi connectivity index (χ1n) is 10.8. The van der Waals surface area contributed by atoms with Crippen molar-refractivity contribution in [3.05, 3.63) is 23.9 Å². The third-order valence-corrected chi connectivity index (χ3v) is 5.71. The molecule has 1 saturated heterocycles. The van der Waals surface area contributed by atoms with Gasteiger partial charge in [-0.1, -0.05) is 0 Å². The van der Waals surface area contributed by atoms with Gasteiger partial charge in [0.15, 0.2) is 0 Å². The summed E-state index contributed by atoms with van der Waals surface area (Å²) in [7, 11) is 1.64. The molecule has 0 aliphatic carbocycles. The van der Waals surface area contributed by atoms with E-state index in [4.69, 9.17) is 14.7 Å². The first-order chi connectivity index (χ1) is 14.2. The summed E-state index contributed by atoms with van der Waals surface area (Å²) >= 11 is 0. The second-order valence-corrected chi connectivity index (χ2v) is 8.96. The first kappa shape index (κ1) is 22.3. The number of rotatable bonds is 8. The minimum atomic E-state index is -0.665. The second kappa shape index (κ2) is 9.16. The van der Waals surface area contributed by atoms with Crippen LogP contribution in [0.3, 0.4) is 0 Å². The second-order valence-electron chi connectivity index (χ2n) is 8.96. The molecule has 0 spiro atoms. The van der Waals surface area contributed by atoms with Crippen LogP contribution in [0, 0.1) is 6.92 Å². The molecule has 2 N–H and O–H groups in total. The van der Waals surface area contributed by atoms with Crippen LogP contribution in [-0.4, -0.2) is 52.3 Å². The topological polar surface area (TPSA) is 87.6 Å². The van der Waals surface area contributed by atoms with Gasteiger partial charge in [0.25, 0.3) is 0 Å². The van der Waals surface area contributed by atoms with Crippen molar-refractivity contribution in [3.8, 4) is 5.75 Å². The smallest absolute Gasteiger partial charge is 0.243 e. The Morgan fingerprint density at radius 3 is 2.87 bits per heavy atom. The van der Waals surface area contributed by atoms with E-state index in [0.717, 1.165) is 61.0 Å². The van der Waals surface area contributed by atoms with Crippen molar-refractivity contribution in [2.24, 2.45) is 0 Å². The number of carbonyl (C=O) groups is 1. The summed E-state index contributed by atoms with van der Waals surface area (Å²) in [6, 6.07) is 5.58. The summed E-state index contributed by atoms with van der Waals surface area (Å²) in [5.74, 6) is 1.41. The minimum absolute atomic E-state index is 0.0272. The fraction of sp³-hybridized carbons (Fsp3) is 0.609. The number of carbonyl (C=O) groups excluding carboxylic acids is 1. The van der Waals surface area contributed by atoms with Gasteiger partial charge in [0.05, 0.1) is 23.9 Å². The molecule has 1 fully saturated rings. The van der Waals surface area contributed by atoms with E-state index in [1.165, 1.54) is 0 Å². The van der Waals surface area contributed by atoms with Crippen LogP contribution in [0.15, 0.2) is 18.2 Å². The lowest BCUT2D eigenvalue weighted by Crippen LogP contribution is -2.47. The lowest BCUT2D eigenvalue weighted by atomic mass is 9.99. The van der Waals surface area contributed by atoms with Gasteiger partial charge in [-0.05, 0) is 78.0 Å². The Morgan fingerprint density at radius 2 is 2.17 bits per heavy atom. The molecular formula is C23H34N4O3. The number of fused-ring (bicyclic) bond motifs is 1. The quantitative estimate of drug-likeness (QED) is 0.689. The monoisotopic (exact) mass is 414 g/mol. The van der Waals surface area contributed by atoms with Crippen LogP contribution < -0.4 is 15.0 Å². The molecule has 2 heterocycles. The summed E-state index contributed by atoms with van der Waals surface area (Å²) in [5, 5.41) is 14.0. The standard InChI is InChI=1S/C23H34N4O3/c1-15(8-6-12-23(3,4)29)24-21(28)20-9-7-13-27(20)22-25-16(2)18-14-17(30-5)10-11-19(18)26-22/h10-11,14-15,20,29H,6-9,12-13H2,1-5H3,(H,24,28)/t15-,20-/m0/s1. The van der Waals surface area contributed by atoms with Crippen molar-refractivity contribution in [2.75, 3.05) is 18.6 Å². The van der Waals surface area contributed by atoms with Crippen LogP contribution >= 0.6 is 0 Å². The van der Waals surface area contributed by atoms with Crippen molar-refractivity contribution in [2.45, 2.75) is 77.5 Å². The lowest BCUT2D eigenvalue weighted by Gasteiger charge is -2.26. The molecule has 164 valence electrons. The van der Waals surface area contributed by atoms with E-state index >= 15 is 0 Å². The minimum Gasteiger partial charge on any atom is -0.497 e. The predicted molar refractivity (Wildman–Crippen MR) is 119 cm³/mol. The Morgan fingerprint density at radius 1 is 1.40 bits per heavy atom. The number of methoxy groups -OCH3 is 1. The predicted octanol–water partition coefficient (Wildman–Crippen LogP) is 3.36. The molecule has 0 unspecified atom stereocenters. The van der Waals surface area contributed by atoms with Gasteiger partial charge in [-0.25, -0.2) is 9.97 Å². The number of nitrogens with one attached hydrogen (secondary N) is 1. The maximum Gasteiger partial charge on any atom is 0.243 e. The average molecular weight is 415 g/mol. The van der Waals surface area contributed by atoms with Crippen LogP contribution in [0.1, 0.15) is 58.6 Å². The van der Waals surface area contributed by atoms with E-state index in [2.05, 4.69) is 5.32 Å². The van der Waals surface area contributed by atoms with E-state index in [0.29, 0.717) is 5.95 Å². The Hall–Kier alpha value is -2.41. The number of ether oxygens (including phenoxy) is 1. The molecule has 7 nitrogen and oxygen atoms in total. The Kier molecular flexibility index (Phi) is 6.81. The van der Waals surface area contributed by atoms with Crippen molar-refractivity contribution in [1.29, 1.82) is 0 Å². The number of hydrogen-bond donors (Lipinski definition) is 2. The number of aliphatic hydroxyl groups is 1. The highest BCUT2D eigenvalue weighted by Crippen LogP contribution is 2.28. The molecular weight excluding hydrogens is 380 g/mol. The van der Waals surface area contributed by atoms with Crippen molar-refractivity contribution >= 4 is 22.8 Å². The Balaban J connectivity index is 1.70. The normalized spacial score (nSPS) is 17.9. The van der Waals surface area contributed by atoms with Crippen molar-refractivity contribution in [1.82, 2.24) is 15.3 Å². The first-order valence-corrected chi connectivity index (χ1v) is 10.8.